The summed E-state index contributed by atoms with van der Waals surface area (Å²) in [6, 6.07) is 2.14. The van der Waals surface area contributed by atoms with Crippen LogP contribution in [0.3, 0.4) is 0 Å². The molecule has 1 atom stereocenters. The summed E-state index contributed by atoms with van der Waals surface area (Å²) in [5.74, 6) is -1.04. The first kappa shape index (κ1) is 17.6. The van der Waals surface area contributed by atoms with Crippen LogP contribution in [0.5, 0.6) is 0 Å². The van der Waals surface area contributed by atoms with Crippen molar-refractivity contribution >= 4 is 18.2 Å². The van der Waals surface area contributed by atoms with Crippen LogP contribution < -0.4 is 5.32 Å². The van der Waals surface area contributed by atoms with Gasteiger partial charge in [-0.3, -0.25) is 0 Å². The molecule has 1 aromatic carbocycles. The molecule has 3 rings (SSSR count). The molecule has 0 aliphatic heterocycles. The molecule has 2 aromatic rings. The summed E-state index contributed by atoms with van der Waals surface area (Å²) in [6.45, 7) is 0.383. The van der Waals surface area contributed by atoms with E-state index in [1.807, 2.05) is 4.57 Å². The summed E-state index contributed by atoms with van der Waals surface area (Å²) in [5.41, 5.74) is 2.13. The molecule has 2 N–H and O–H groups in total. The smallest absolute Gasteiger partial charge is 0.317 e. The van der Waals surface area contributed by atoms with Crippen molar-refractivity contribution in [3.05, 3.63) is 51.6 Å². The highest BCUT2D eigenvalue weighted by Crippen LogP contribution is 2.32. The summed E-state index contributed by atoms with van der Waals surface area (Å²) >= 11 is 5.39. The van der Waals surface area contributed by atoms with E-state index in [2.05, 4.69) is 10.3 Å². The van der Waals surface area contributed by atoms with Crippen LogP contribution in [-0.4, -0.2) is 34.6 Å². The fourth-order valence-corrected chi connectivity index (χ4v) is 3.77. The van der Waals surface area contributed by atoms with Crippen molar-refractivity contribution in [2.45, 2.75) is 31.8 Å². The Hall–Kier alpha value is -2.22. The van der Waals surface area contributed by atoms with Crippen molar-refractivity contribution in [1.82, 2.24) is 19.8 Å². The number of hydrogen-bond donors (Lipinski definition) is 2. The Kier molecular flexibility index (Phi) is 4.89. The number of imidazole rings is 1. The number of rotatable bonds is 3. The van der Waals surface area contributed by atoms with Crippen LogP contribution >= 0.6 is 12.2 Å². The van der Waals surface area contributed by atoms with Gasteiger partial charge in [-0.15, -0.1) is 0 Å². The third-order valence-corrected chi connectivity index (χ3v) is 4.97. The number of hydrogen-bond acceptors (Lipinski definition) is 2. The van der Waals surface area contributed by atoms with Gasteiger partial charge in [0.15, 0.2) is 4.77 Å². The number of benzene rings is 1. The second kappa shape index (κ2) is 6.95. The molecule has 1 unspecified atom stereocenters. The van der Waals surface area contributed by atoms with Gasteiger partial charge in [0.25, 0.3) is 0 Å². The third kappa shape index (κ3) is 3.44. The number of urea groups is 1. The first-order valence-corrected chi connectivity index (χ1v) is 8.50. The summed E-state index contributed by atoms with van der Waals surface area (Å²) in [5, 5.41) is 2.57. The minimum atomic E-state index is -0.561. The maximum atomic E-state index is 13.9. The molecular weight excluding hydrogens is 346 g/mol. The fourth-order valence-electron chi connectivity index (χ4n) is 3.45. The maximum Gasteiger partial charge on any atom is 0.317 e. The van der Waals surface area contributed by atoms with Crippen molar-refractivity contribution in [1.29, 1.82) is 0 Å². The highest BCUT2D eigenvalue weighted by molar-refractivity contribution is 7.71. The van der Waals surface area contributed by atoms with Gasteiger partial charge in [-0.05, 0) is 48.7 Å². The lowest BCUT2D eigenvalue weighted by molar-refractivity contribution is 0.207. The van der Waals surface area contributed by atoms with Crippen molar-refractivity contribution < 1.29 is 13.6 Å². The lowest BCUT2D eigenvalue weighted by Crippen LogP contribution is -2.35. The number of aromatic amines is 1. The molecule has 5 nitrogen and oxygen atoms in total. The van der Waals surface area contributed by atoms with Gasteiger partial charge < -0.3 is 19.8 Å². The highest BCUT2D eigenvalue weighted by Gasteiger charge is 2.25. The molecule has 0 radical (unpaired) electrons. The number of aromatic nitrogens is 2. The number of nitrogens with one attached hydrogen (secondary N) is 2. The zero-order valence-corrected chi connectivity index (χ0v) is 14.9. The molecule has 8 heteroatoms. The van der Waals surface area contributed by atoms with Crippen LogP contribution in [-0.2, 0) is 19.4 Å². The van der Waals surface area contributed by atoms with Crippen molar-refractivity contribution in [3.8, 4) is 0 Å². The van der Waals surface area contributed by atoms with Crippen LogP contribution in [0.4, 0.5) is 13.6 Å². The Balaban J connectivity index is 1.89. The first-order valence-electron chi connectivity index (χ1n) is 8.09. The number of fused-ring (bicyclic) bond motifs is 1. The average Bonchev–Trinajstić information content (AvgIpc) is 2.93. The molecule has 0 bridgehead atoms. The van der Waals surface area contributed by atoms with Gasteiger partial charge in [0.1, 0.15) is 11.6 Å². The van der Waals surface area contributed by atoms with E-state index in [-0.39, 0.29) is 12.1 Å². The number of carbonyl (C=O) groups is 1. The molecule has 1 aromatic heterocycles. The lowest BCUT2D eigenvalue weighted by Gasteiger charge is -2.28. The largest absolute Gasteiger partial charge is 0.341 e. The molecule has 1 heterocycles. The Bertz CT molecular complexity index is 861. The van der Waals surface area contributed by atoms with Gasteiger partial charge in [0.05, 0.1) is 12.2 Å². The molecule has 0 fully saturated rings. The van der Waals surface area contributed by atoms with Crippen LogP contribution in [0.1, 0.15) is 29.3 Å². The summed E-state index contributed by atoms with van der Waals surface area (Å²) in [4.78, 5) is 16.3. The monoisotopic (exact) mass is 366 g/mol. The number of H-pyrrole nitrogens is 1. The van der Waals surface area contributed by atoms with E-state index in [1.165, 1.54) is 6.07 Å². The van der Waals surface area contributed by atoms with E-state index in [1.54, 1.807) is 25.2 Å². The zero-order chi connectivity index (χ0) is 18.1. The van der Waals surface area contributed by atoms with E-state index < -0.39 is 11.6 Å². The molecule has 25 heavy (non-hydrogen) atoms. The Labute approximate surface area is 149 Å². The van der Waals surface area contributed by atoms with Crippen LogP contribution in [0.15, 0.2) is 18.3 Å². The fraction of sp³-hybridized carbons (Fsp3) is 0.412. The number of carbonyl (C=O) groups excluding carboxylic acids is 1. The van der Waals surface area contributed by atoms with Crippen LogP contribution in [0.2, 0.25) is 0 Å². The zero-order valence-electron chi connectivity index (χ0n) is 14.1. The minimum absolute atomic E-state index is 0.000498. The Morgan fingerprint density at radius 3 is 2.96 bits per heavy atom. The van der Waals surface area contributed by atoms with E-state index >= 15 is 0 Å². The quantitative estimate of drug-likeness (QED) is 0.819. The maximum absolute atomic E-state index is 13.9. The van der Waals surface area contributed by atoms with E-state index in [0.29, 0.717) is 41.7 Å². The molecule has 134 valence electrons. The highest BCUT2D eigenvalue weighted by atomic mass is 32.1. The molecular formula is C17H20F2N4OS. The molecule has 2 amide bonds. The van der Waals surface area contributed by atoms with Crippen LogP contribution in [0, 0.1) is 16.4 Å². The van der Waals surface area contributed by atoms with Crippen molar-refractivity contribution in [3.63, 3.8) is 0 Å². The first-order chi connectivity index (χ1) is 11.9. The molecule has 0 saturated heterocycles. The van der Waals surface area contributed by atoms with Gasteiger partial charge in [-0.25, -0.2) is 13.6 Å². The molecule has 1 aliphatic carbocycles. The van der Waals surface area contributed by atoms with Gasteiger partial charge in [0.2, 0.25) is 0 Å². The summed E-state index contributed by atoms with van der Waals surface area (Å²) in [7, 11) is 3.27. The van der Waals surface area contributed by atoms with Crippen molar-refractivity contribution in [2.24, 2.45) is 0 Å². The second-order valence-corrected chi connectivity index (χ2v) is 6.67. The number of nitrogens with zero attached hydrogens (tertiary/aromatic N) is 2. The minimum Gasteiger partial charge on any atom is -0.341 e. The number of halogens is 2. The summed E-state index contributed by atoms with van der Waals surface area (Å²) in [6.07, 6.45) is 3.53. The standard InChI is InChI=1S/C17H20F2N4OS/c1-20-16(24)22(2)9-13-8-21-17(25)23(13)12-3-4-14-10(6-12)5-11(18)7-15(14)19/h5,7-8,12H,3-4,6,9H2,1-2H3,(H,20,24)(H,21,25). The molecule has 1 aliphatic rings. The molecule has 0 spiro atoms. The van der Waals surface area contributed by atoms with Gasteiger partial charge in [-0.2, -0.15) is 0 Å². The van der Waals surface area contributed by atoms with Gasteiger partial charge in [0, 0.05) is 32.4 Å². The van der Waals surface area contributed by atoms with E-state index in [4.69, 9.17) is 12.2 Å². The molecule has 0 saturated carbocycles. The van der Waals surface area contributed by atoms with Crippen molar-refractivity contribution in [2.75, 3.05) is 14.1 Å². The normalized spacial score (nSPS) is 16.4. The topological polar surface area (TPSA) is 53.1 Å². The third-order valence-electron chi connectivity index (χ3n) is 4.65. The second-order valence-electron chi connectivity index (χ2n) is 6.29. The van der Waals surface area contributed by atoms with Gasteiger partial charge in [-0.1, -0.05) is 0 Å². The SMILES string of the molecule is CNC(=O)N(C)Cc1c[nH]c(=S)n1C1CCc2c(F)cc(F)cc2C1. The number of amides is 2. The average molecular weight is 366 g/mol. The summed E-state index contributed by atoms with van der Waals surface area (Å²) < 4.78 is 30.0. The Morgan fingerprint density at radius 2 is 2.24 bits per heavy atom. The van der Waals surface area contributed by atoms with E-state index in [9.17, 15) is 13.6 Å². The lowest BCUT2D eigenvalue weighted by atomic mass is 9.87. The van der Waals surface area contributed by atoms with Gasteiger partial charge >= 0.3 is 6.03 Å². The van der Waals surface area contributed by atoms with Crippen LogP contribution in [0.25, 0.3) is 0 Å². The van der Waals surface area contributed by atoms with E-state index in [0.717, 1.165) is 11.8 Å². The predicted octanol–water partition coefficient (Wildman–Crippen LogP) is 3.33. The predicted molar refractivity (Wildman–Crippen MR) is 93.0 cm³/mol. The Morgan fingerprint density at radius 1 is 1.48 bits per heavy atom.